The summed E-state index contributed by atoms with van der Waals surface area (Å²) in [5, 5.41) is 0. The lowest BCUT2D eigenvalue weighted by Crippen LogP contribution is -2.40. The molecule has 0 bridgehead atoms. The number of rotatable bonds is 22. The number of halogens is 2. The molecule has 5 unspecified atom stereocenters. The zero-order valence-electron chi connectivity index (χ0n) is 23.6. The fraction of sp³-hybridized carbons (Fsp3) is 0.800. The fourth-order valence-electron chi connectivity index (χ4n) is 5.04. The molecule has 212 valence electrons. The van der Waals surface area contributed by atoms with Crippen LogP contribution in [0.2, 0.25) is 0 Å². The molecule has 0 radical (unpaired) electrons. The maximum absolute atomic E-state index is 7.02. The van der Waals surface area contributed by atoms with Crippen LogP contribution in [-0.4, -0.2) is 37.2 Å². The van der Waals surface area contributed by atoms with Gasteiger partial charge in [-0.15, -0.1) is 0 Å². The normalized spacial score (nSPS) is 15.9. The second-order valence-corrected chi connectivity index (χ2v) is 13.2. The van der Waals surface area contributed by atoms with Crippen LogP contribution < -0.4 is 4.74 Å². The molecule has 0 N–H and O–H groups in total. The van der Waals surface area contributed by atoms with Crippen molar-refractivity contribution in [2.24, 2.45) is 5.92 Å². The number of aromatic nitrogens is 2. The summed E-state index contributed by atoms with van der Waals surface area (Å²) >= 11 is 9.48. The van der Waals surface area contributed by atoms with Crippen molar-refractivity contribution >= 4 is 54.6 Å². The van der Waals surface area contributed by atoms with Gasteiger partial charge in [0.1, 0.15) is 16.8 Å². The van der Waals surface area contributed by atoms with Crippen LogP contribution in [-0.2, 0) is 4.74 Å². The zero-order valence-corrected chi connectivity index (χ0v) is 27.6. The van der Waals surface area contributed by atoms with Crippen molar-refractivity contribution in [2.45, 2.75) is 139 Å². The van der Waals surface area contributed by atoms with Gasteiger partial charge in [0, 0.05) is 9.65 Å². The van der Waals surface area contributed by atoms with E-state index < -0.39 is 0 Å². The van der Waals surface area contributed by atoms with Crippen LogP contribution in [0.5, 0.6) is 5.75 Å². The van der Waals surface area contributed by atoms with Crippen LogP contribution in [0.4, 0.5) is 0 Å². The number of fused-ring (bicyclic) bond motifs is 1. The van der Waals surface area contributed by atoms with E-state index in [1.165, 1.54) is 82.4 Å². The van der Waals surface area contributed by atoms with E-state index in [4.69, 9.17) is 9.47 Å². The summed E-state index contributed by atoms with van der Waals surface area (Å²) in [6.07, 6.45) is 17.4. The van der Waals surface area contributed by atoms with E-state index >= 15 is 0 Å². The molecule has 5 atom stereocenters. The van der Waals surface area contributed by atoms with Gasteiger partial charge in [-0.1, -0.05) is 117 Å². The van der Waals surface area contributed by atoms with Crippen molar-refractivity contribution < 1.29 is 9.47 Å². The molecular formula is C30H50Br2N2O2S. The molecule has 0 saturated carbocycles. The van der Waals surface area contributed by atoms with Gasteiger partial charge in [0.2, 0.25) is 0 Å². The Morgan fingerprint density at radius 1 is 0.784 bits per heavy atom. The van der Waals surface area contributed by atoms with Gasteiger partial charge in [-0.25, -0.2) is 0 Å². The molecule has 0 aliphatic carbocycles. The second-order valence-electron chi connectivity index (χ2n) is 10.3. The first-order chi connectivity index (χ1) is 18.0. The third kappa shape index (κ3) is 11.8. The molecule has 0 fully saturated rings. The minimum atomic E-state index is 0.204. The molecule has 0 aliphatic rings. The first-order valence-corrected chi connectivity index (χ1v) is 17.4. The molecule has 1 aromatic heterocycles. The summed E-state index contributed by atoms with van der Waals surface area (Å²) in [7, 11) is 0. The van der Waals surface area contributed by atoms with Crippen molar-refractivity contribution in [1.29, 1.82) is 0 Å². The van der Waals surface area contributed by atoms with E-state index in [1.807, 2.05) is 18.2 Å². The Balaban J connectivity index is 2.06. The average Bonchev–Trinajstić information content (AvgIpc) is 3.39. The van der Waals surface area contributed by atoms with Crippen molar-refractivity contribution in [3.8, 4) is 5.75 Å². The van der Waals surface area contributed by atoms with Crippen LogP contribution in [0.15, 0.2) is 18.2 Å². The van der Waals surface area contributed by atoms with Crippen LogP contribution >= 0.6 is 43.6 Å². The number of unbranched alkanes of at least 4 members (excludes halogenated alkanes) is 5. The smallest absolute Gasteiger partial charge is 0.148 e. The Bertz CT molecular complexity index is 837. The first kappa shape index (κ1) is 33.0. The molecule has 1 heterocycles. The molecule has 2 aromatic rings. The molecule has 2 rings (SSSR count). The van der Waals surface area contributed by atoms with Crippen molar-refractivity contribution in [1.82, 2.24) is 8.75 Å². The van der Waals surface area contributed by atoms with Gasteiger partial charge in [0.25, 0.3) is 0 Å². The largest absolute Gasteiger partial charge is 0.491 e. The van der Waals surface area contributed by atoms with Gasteiger partial charge in [0.05, 0.1) is 30.5 Å². The van der Waals surface area contributed by atoms with E-state index in [0.717, 1.165) is 36.0 Å². The number of benzene rings is 1. The SMILES string of the molecule is CCCCCCC(C(Br)CCC)C(OC(CC)CCCCC)C(Br)CCCOc1cccc2nsnc12. The van der Waals surface area contributed by atoms with Gasteiger partial charge in [-0.05, 0) is 56.6 Å². The second kappa shape index (κ2) is 19.8. The van der Waals surface area contributed by atoms with Crippen molar-refractivity contribution in [3.05, 3.63) is 18.2 Å². The van der Waals surface area contributed by atoms with Crippen LogP contribution in [0, 0.1) is 5.92 Å². The van der Waals surface area contributed by atoms with Crippen LogP contribution in [0.1, 0.15) is 118 Å². The zero-order chi connectivity index (χ0) is 26.9. The van der Waals surface area contributed by atoms with Crippen molar-refractivity contribution in [3.63, 3.8) is 0 Å². The van der Waals surface area contributed by atoms with Crippen molar-refractivity contribution in [2.75, 3.05) is 6.61 Å². The number of alkyl halides is 2. The average molecular weight is 663 g/mol. The summed E-state index contributed by atoms with van der Waals surface area (Å²) in [6.45, 7) is 9.82. The fourth-order valence-corrected chi connectivity index (χ4v) is 7.44. The Labute approximate surface area is 247 Å². The summed E-state index contributed by atoms with van der Waals surface area (Å²) in [6, 6.07) is 5.98. The van der Waals surface area contributed by atoms with E-state index in [2.05, 4.69) is 68.3 Å². The highest BCUT2D eigenvalue weighted by atomic mass is 79.9. The monoisotopic (exact) mass is 660 g/mol. The third-order valence-electron chi connectivity index (χ3n) is 7.26. The Morgan fingerprint density at radius 2 is 1.54 bits per heavy atom. The molecule has 0 spiro atoms. The quantitative estimate of drug-likeness (QED) is 0.0930. The number of hydrogen-bond acceptors (Lipinski definition) is 5. The number of hydrogen-bond donors (Lipinski definition) is 0. The minimum Gasteiger partial charge on any atom is -0.491 e. The molecular weight excluding hydrogens is 612 g/mol. The maximum atomic E-state index is 7.02. The maximum Gasteiger partial charge on any atom is 0.148 e. The van der Waals surface area contributed by atoms with Crippen LogP contribution in [0.3, 0.4) is 0 Å². The number of nitrogens with zero attached hydrogens (tertiary/aromatic N) is 2. The molecule has 4 nitrogen and oxygen atoms in total. The van der Waals surface area contributed by atoms with Crippen LogP contribution in [0.25, 0.3) is 11.0 Å². The van der Waals surface area contributed by atoms with Gasteiger partial charge in [-0.3, -0.25) is 0 Å². The predicted molar refractivity (Wildman–Crippen MR) is 168 cm³/mol. The summed E-state index contributed by atoms with van der Waals surface area (Å²) in [5.41, 5.74) is 1.78. The van der Waals surface area contributed by atoms with E-state index in [-0.39, 0.29) is 6.10 Å². The number of ether oxygens (including phenoxy) is 2. The predicted octanol–water partition coefficient (Wildman–Crippen LogP) is 10.5. The highest BCUT2D eigenvalue weighted by molar-refractivity contribution is 9.09. The topological polar surface area (TPSA) is 44.2 Å². The lowest BCUT2D eigenvalue weighted by Gasteiger charge is -2.37. The van der Waals surface area contributed by atoms with E-state index in [9.17, 15) is 0 Å². The molecule has 7 heteroatoms. The summed E-state index contributed by atoms with van der Waals surface area (Å²) in [5.74, 6) is 1.35. The van der Waals surface area contributed by atoms with Gasteiger partial charge < -0.3 is 9.47 Å². The molecule has 0 saturated heterocycles. The van der Waals surface area contributed by atoms with E-state index in [0.29, 0.717) is 28.3 Å². The highest BCUT2D eigenvalue weighted by Crippen LogP contribution is 2.35. The molecule has 0 aliphatic heterocycles. The third-order valence-corrected chi connectivity index (χ3v) is 9.92. The highest BCUT2D eigenvalue weighted by Gasteiger charge is 2.34. The first-order valence-electron chi connectivity index (χ1n) is 14.8. The standard InChI is InChI=1S/C30H50Br2N2O2S/c1-5-9-11-13-18-24(25(31)16-7-3)30(36-23(8-4)17-12-10-6-2)26(32)19-15-22-35-28-21-14-20-27-29(28)34-37-33-27/h14,20-21,23-26,30H,5-13,15-19,22H2,1-4H3. The lowest BCUT2D eigenvalue weighted by molar-refractivity contribution is -0.0521. The Kier molecular flexibility index (Phi) is 17.6. The molecule has 1 aromatic carbocycles. The van der Waals surface area contributed by atoms with E-state index in [1.54, 1.807) is 0 Å². The lowest BCUT2D eigenvalue weighted by atomic mass is 9.87. The van der Waals surface area contributed by atoms with Gasteiger partial charge in [-0.2, -0.15) is 8.75 Å². The van der Waals surface area contributed by atoms with Gasteiger partial charge in [0.15, 0.2) is 0 Å². The Hall–Kier alpha value is -0.240. The minimum absolute atomic E-state index is 0.204. The summed E-state index contributed by atoms with van der Waals surface area (Å²) < 4.78 is 21.9. The summed E-state index contributed by atoms with van der Waals surface area (Å²) in [4.78, 5) is 0.796. The van der Waals surface area contributed by atoms with Gasteiger partial charge >= 0.3 is 0 Å². The Morgan fingerprint density at radius 3 is 2.27 bits per heavy atom. The molecule has 37 heavy (non-hydrogen) atoms. The molecule has 0 amide bonds.